The molecule has 3 aromatic carbocycles. The number of benzene rings is 3. The average Bonchev–Trinajstić information content (AvgIpc) is 2.96. The van der Waals surface area contributed by atoms with Crippen LogP contribution < -0.4 is 3.61 Å². The Morgan fingerprint density at radius 1 is 0.875 bits per heavy atom. The molecule has 3 heteroatoms. The predicted molar refractivity (Wildman–Crippen MR) is 97.5 cm³/mol. The number of ether oxygens (including phenoxy) is 1. The molecule has 0 aromatic heterocycles. The van der Waals surface area contributed by atoms with Crippen molar-refractivity contribution in [3.05, 3.63) is 87.6 Å². The molecule has 1 aliphatic rings. The maximum atomic E-state index is 12.2. The molecule has 2 nitrogen and oxygen atoms in total. The van der Waals surface area contributed by atoms with E-state index in [0.29, 0.717) is 13.0 Å². The van der Waals surface area contributed by atoms with Gasteiger partial charge < -0.3 is 0 Å². The van der Waals surface area contributed by atoms with Gasteiger partial charge in [0, 0.05) is 0 Å². The second-order valence-corrected chi connectivity index (χ2v) is 8.96. The van der Waals surface area contributed by atoms with Crippen molar-refractivity contribution in [1.29, 1.82) is 0 Å². The molecule has 0 N–H and O–H groups in total. The van der Waals surface area contributed by atoms with Crippen LogP contribution in [0, 0.1) is 0 Å². The van der Waals surface area contributed by atoms with E-state index in [1.807, 2.05) is 18.2 Å². The van der Waals surface area contributed by atoms with E-state index >= 15 is 0 Å². The van der Waals surface area contributed by atoms with Crippen molar-refractivity contribution in [3.63, 3.8) is 0 Å². The maximum absolute atomic E-state index is 12.2. The van der Waals surface area contributed by atoms with E-state index in [2.05, 4.69) is 54.6 Å². The van der Waals surface area contributed by atoms with Crippen LogP contribution in [0.5, 0.6) is 0 Å². The molecule has 0 amide bonds. The Morgan fingerprint density at radius 2 is 1.62 bits per heavy atom. The third kappa shape index (κ3) is 3.11. The first-order chi connectivity index (χ1) is 11.8. The molecule has 0 fully saturated rings. The zero-order valence-corrected chi connectivity index (χ0v) is 15.4. The SMILES string of the molecule is O=C1OCC([Te]c2cccc3ccccc23)=C1Cc1ccccc1. The Balaban J connectivity index is 1.69. The van der Waals surface area contributed by atoms with E-state index in [1.165, 1.54) is 18.0 Å². The summed E-state index contributed by atoms with van der Waals surface area (Å²) in [5, 5.41) is 2.56. The van der Waals surface area contributed by atoms with Crippen LogP contribution in [0.2, 0.25) is 0 Å². The van der Waals surface area contributed by atoms with Gasteiger partial charge in [-0.1, -0.05) is 0 Å². The topological polar surface area (TPSA) is 26.3 Å². The number of rotatable bonds is 4. The first kappa shape index (κ1) is 15.4. The fourth-order valence-corrected chi connectivity index (χ4v) is 6.05. The molecular weight excluding hydrogens is 412 g/mol. The van der Waals surface area contributed by atoms with Crippen LogP contribution in [0.25, 0.3) is 10.8 Å². The van der Waals surface area contributed by atoms with Gasteiger partial charge in [-0.25, -0.2) is 0 Å². The van der Waals surface area contributed by atoms with Crippen molar-refractivity contribution >= 4 is 41.3 Å². The van der Waals surface area contributed by atoms with E-state index in [-0.39, 0.29) is 5.97 Å². The van der Waals surface area contributed by atoms with Crippen LogP contribution >= 0.6 is 0 Å². The van der Waals surface area contributed by atoms with Gasteiger partial charge in [0.1, 0.15) is 0 Å². The van der Waals surface area contributed by atoms with Crippen LogP contribution in [0.1, 0.15) is 5.56 Å². The molecule has 0 atom stereocenters. The average molecular weight is 428 g/mol. The minimum absolute atomic E-state index is 0.140. The third-order valence-corrected chi connectivity index (χ3v) is 7.51. The van der Waals surface area contributed by atoms with Crippen LogP contribution in [-0.2, 0) is 16.0 Å². The van der Waals surface area contributed by atoms with Crippen molar-refractivity contribution < 1.29 is 9.53 Å². The van der Waals surface area contributed by atoms with E-state index in [0.717, 1.165) is 11.1 Å². The van der Waals surface area contributed by atoms with Gasteiger partial charge in [-0.15, -0.1) is 0 Å². The molecule has 0 unspecified atom stereocenters. The summed E-state index contributed by atoms with van der Waals surface area (Å²) in [5.41, 5.74) is 2.03. The van der Waals surface area contributed by atoms with Gasteiger partial charge in [0.15, 0.2) is 0 Å². The van der Waals surface area contributed by atoms with Gasteiger partial charge in [0.05, 0.1) is 0 Å². The first-order valence-electron chi connectivity index (χ1n) is 7.90. The molecule has 1 aliphatic heterocycles. The summed E-state index contributed by atoms with van der Waals surface area (Å²) in [6.07, 6.45) is 0.671. The normalized spacial score (nSPS) is 14.2. The van der Waals surface area contributed by atoms with E-state index in [9.17, 15) is 4.79 Å². The fraction of sp³-hybridized carbons (Fsp3) is 0.0952. The van der Waals surface area contributed by atoms with Crippen molar-refractivity contribution in [2.75, 3.05) is 6.61 Å². The number of cyclic esters (lactones) is 1. The van der Waals surface area contributed by atoms with Crippen molar-refractivity contribution in [3.8, 4) is 0 Å². The molecule has 4 rings (SSSR count). The van der Waals surface area contributed by atoms with Crippen molar-refractivity contribution in [2.45, 2.75) is 6.42 Å². The zero-order valence-electron chi connectivity index (χ0n) is 13.1. The van der Waals surface area contributed by atoms with Crippen LogP contribution in [0.3, 0.4) is 0 Å². The Kier molecular flexibility index (Phi) is 4.38. The van der Waals surface area contributed by atoms with Gasteiger partial charge in [0.2, 0.25) is 0 Å². The van der Waals surface area contributed by atoms with Crippen LogP contribution in [-0.4, -0.2) is 33.5 Å². The molecule has 0 spiro atoms. The number of hydrogen-bond donors (Lipinski definition) is 0. The summed E-state index contributed by atoms with van der Waals surface area (Å²) in [6.45, 7) is 0.465. The number of carbonyl (C=O) groups is 1. The van der Waals surface area contributed by atoms with Gasteiger partial charge in [0.25, 0.3) is 0 Å². The van der Waals surface area contributed by atoms with Crippen LogP contribution in [0.4, 0.5) is 0 Å². The van der Waals surface area contributed by atoms with Gasteiger partial charge >= 0.3 is 151 Å². The molecule has 118 valence electrons. The quantitative estimate of drug-likeness (QED) is 0.472. The Labute approximate surface area is 151 Å². The monoisotopic (exact) mass is 430 g/mol. The molecule has 0 aliphatic carbocycles. The second-order valence-electron chi connectivity index (χ2n) is 5.72. The summed E-state index contributed by atoms with van der Waals surface area (Å²) < 4.78 is 7.95. The fourth-order valence-electron chi connectivity index (χ4n) is 2.90. The van der Waals surface area contributed by atoms with Crippen LogP contribution in [0.15, 0.2) is 82.0 Å². The summed E-state index contributed by atoms with van der Waals surface area (Å²) in [6, 6.07) is 25.0. The minimum atomic E-state index is -0.624. The van der Waals surface area contributed by atoms with E-state index in [4.69, 9.17) is 4.74 Å². The number of esters is 1. The number of hydrogen-bond acceptors (Lipinski definition) is 2. The molecule has 0 saturated carbocycles. The summed E-state index contributed by atoms with van der Waals surface area (Å²) in [5.74, 6) is -0.140. The Hall–Kier alpha value is -2.08. The molecule has 0 bridgehead atoms. The molecule has 3 aromatic rings. The third-order valence-electron chi connectivity index (χ3n) is 4.12. The molecule has 0 radical (unpaired) electrons. The summed E-state index contributed by atoms with van der Waals surface area (Å²) in [7, 11) is 0. The first-order valence-corrected chi connectivity index (χ1v) is 10.2. The zero-order chi connectivity index (χ0) is 16.4. The standard InChI is InChI=1S/C21H16O2Te/c22-21-18(13-15-7-2-1-3-8-15)20(14-23-21)24-19-12-6-10-16-9-4-5-11-17(16)19/h1-12H,13-14H2. The summed E-state index contributed by atoms with van der Waals surface area (Å²) >= 11 is -0.624. The molecule has 1 heterocycles. The van der Waals surface area contributed by atoms with Gasteiger partial charge in [-0.2, -0.15) is 0 Å². The Morgan fingerprint density at radius 3 is 2.50 bits per heavy atom. The summed E-state index contributed by atoms with van der Waals surface area (Å²) in [4.78, 5) is 12.2. The molecule has 24 heavy (non-hydrogen) atoms. The van der Waals surface area contributed by atoms with E-state index < -0.39 is 20.9 Å². The number of fused-ring (bicyclic) bond motifs is 1. The van der Waals surface area contributed by atoms with Gasteiger partial charge in [-0.3, -0.25) is 0 Å². The van der Waals surface area contributed by atoms with Crippen molar-refractivity contribution in [2.24, 2.45) is 0 Å². The van der Waals surface area contributed by atoms with E-state index in [1.54, 1.807) is 0 Å². The van der Waals surface area contributed by atoms with Crippen molar-refractivity contribution in [1.82, 2.24) is 0 Å². The molecular formula is C21H16O2Te. The molecule has 0 saturated heterocycles. The second kappa shape index (κ2) is 6.81. The Bertz CT molecular complexity index is 923. The number of carbonyl (C=O) groups excluding carboxylic acids is 1. The predicted octanol–water partition coefficient (Wildman–Crippen LogP) is 3.22. The van der Waals surface area contributed by atoms with Gasteiger partial charge in [-0.05, 0) is 0 Å².